The number of nitrogens with zero attached hydrogens (tertiary/aromatic N) is 4. The first-order chi connectivity index (χ1) is 10.8. The smallest absolute Gasteiger partial charge is 0.191 e. The van der Waals surface area contributed by atoms with E-state index in [9.17, 15) is 0 Å². The molecular weight excluding hydrogens is 403 g/mol. The van der Waals surface area contributed by atoms with Crippen molar-refractivity contribution >= 4 is 29.9 Å². The minimum absolute atomic E-state index is 0. The summed E-state index contributed by atoms with van der Waals surface area (Å²) in [7, 11) is 1.89. The third-order valence-electron chi connectivity index (χ3n) is 3.60. The molecule has 0 aromatic carbocycles. The molecule has 0 atom stereocenters. The van der Waals surface area contributed by atoms with Gasteiger partial charge in [-0.15, -0.1) is 24.0 Å². The zero-order valence-corrected chi connectivity index (χ0v) is 17.2. The summed E-state index contributed by atoms with van der Waals surface area (Å²) < 4.78 is 1.75. The van der Waals surface area contributed by atoms with Gasteiger partial charge in [0.1, 0.15) is 18.7 Å². The molecule has 1 aromatic rings. The van der Waals surface area contributed by atoms with Gasteiger partial charge in [0, 0.05) is 20.1 Å². The summed E-state index contributed by atoms with van der Waals surface area (Å²) in [6, 6.07) is 0. The Labute approximate surface area is 158 Å². The van der Waals surface area contributed by atoms with E-state index in [2.05, 4.69) is 39.6 Å². The van der Waals surface area contributed by atoms with E-state index in [0.29, 0.717) is 6.54 Å². The molecule has 0 bridgehead atoms. The first-order valence-corrected chi connectivity index (χ1v) is 8.63. The van der Waals surface area contributed by atoms with E-state index >= 15 is 0 Å². The lowest BCUT2D eigenvalue weighted by atomic mass is 10.1. The van der Waals surface area contributed by atoms with Crippen molar-refractivity contribution in [3.05, 3.63) is 12.2 Å². The van der Waals surface area contributed by atoms with Crippen molar-refractivity contribution in [1.29, 1.82) is 0 Å². The maximum atomic E-state index is 4.55. The number of aliphatic imine (C=N–C) groups is 1. The number of halogens is 1. The predicted molar refractivity (Wildman–Crippen MR) is 107 cm³/mol. The SMILES string of the molecule is CCCCCCCCCNC(=NCc1ncnn1C)NCC.I. The van der Waals surface area contributed by atoms with E-state index in [1.807, 2.05) is 7.05 Å². The van der Waals surface area contributed by atoms with Crippen LogP contribution in [0, 0.1) is 0 Å². The van der Waals surface area contributed by atoms with Crippen LogP contribution >= 0.6 is 24.0 Å². The number of rotatable bonds is 11. The number of hydrogen-bond donors (Lipinski definition) is 2. The van der Waals surface area contributed by atoms with Crippen LogP contribution in [0.15, 0.2) is 11.3 Å². The Hall–Kier alpha value is -0.860. The summed E-state index contributed by atoms with van der Waals surface area (Å²) >= 11 is 0. The zero-order chi connectivity index (χ0) is 16.0. The Morgan fingerprint density at radius 1 is 1.09 bits per heavy atom. The van der Waals surface area contributed by atoms with Gasteiger partial charge in [-0.1, -0.05) is 45.4 Å². The molecular formula is C16H33IN6. The lowest BCUT2D eigenvalue weighted by Crippen LogP contribution is -2.37. The van der Waals surface area contributed by atoms with Gasteiger partial charge in [-0.3, -0.25) is 4.68 Å². The molecule has 0 unspecified atom stereocenters. The molecule has 134 valence electrons. The van der Waals surface area contributed by atoms with Gasteiger partial charge < -0.3 is 10.6 Å². The minimum atomic E-state index is 0. The summed E-state index contributed by atoms with van der Waals surface area (Å²) in [5.74, 6) is 1.73. The van der Waals surface area contributed by atoms with Gasteiger partial charge in [0.05, 0.1) is 0 Å². The van der Waals surface area contributed by atoms with Crippen LogP contribution < -0.4 is 10.6 Å². The van der Waals surface area contributed by atoms with Gasteiger partial charge in [0.15, 0.2) is 5.96 Å². The molecule has 0 amide bonds. The number of hydrogen-bond acceptors (Lipinski definition) is 3. The molecule has 0 aliphatic rings. The normalized spacial score (nSPS) is 11.2. The Morgan fingerprint density at radius 3 is 2.39 bits per heavy atom. The molecule has 7 heteroatoms. The lowest BCUT2D eigenvalue weighted by molar-refractivity contribution is 0.583. The summed E-state index contributed by atoms with van der Waals surface area (Å²) in [6.45, 7) is 6.71. The van der Waals surface area contributed by atoms with E-state index in [4.69, 9.17) is 0 Å². The molecule has 0 radical (unpaired) electrons. The molecule has 1 aromatic heterocycles. The van der Waals surface area contributed by atoms with Crippen molar-refractivity contribution in [3.63, 3.8) is 0 Å². The van der Waals surface area contributed by atoms with Crippen molar-refractivity contribution in [1.82, 2.24) is 25.4 Å². The monoisotopic (exact) mass is 436 g/mol. The Bertz CT molecular complexity index is 418. The van der Waals surface area contributed by atoms with E-state index in [-0.39, 0.29) is 24.0 Å². The van der Waals surface area contributed by atoms with Crippen LogP contribution in [-0.4, -0.2) is 33.8 Å². The van der Waals surface area contributed by atoms with E-state index in [1.165, 1.54) is 44.9 Å². The molecule has 0 fully saturated rings. The maximum absolute atomic E-state index is 4.55. The van der Waals surface area contributed by atoms with Gasteiger partial charge in [-0.2, -0.15) is 5.10 Å². The van der Waals surface area contributed by atoms with Crippen molar-refractivity contribution < 1.29 is 0 Å². The summed E-state index contributed by atoms with van der Waals surface area (Å²) in [6.07, 6.45) is 10.8. The predicted octanol–water partition coefficient (Wildman–Crippen LogP) is 3.24. The van der Waals surface area contributed by atoms with Gasteiger partial charge in [-0.25, -0.2) is 9.98 Å². The standard InChI is InChI=1S/C16H32N6.HI/c1-4-6-7-8-9-10-11-12-18-16(17-5-2)19-13-15-20-14-21-22(15)3;/h14H,4-13H2,1-3H3,(H2,17,18,19);1H. The highest BCUT2D eigenvalue weighted by atomic mass is 127. The Morgan fingerprint density at radius 2 is 1.78 bits per heavy atom. The minimum Gasteiger partial charge on any atom is -0.357 e. The molecule has 0 aliphatic heterocycles. The van der Waals surface area contributed by atoms with E-state index in [1.54, 1.807) is 11.0 Å². The Balaban J connectivity index is 0.00000484. The summed E-state index contributed by atoms with van der Waals surface area (Å²) in [5, 5.41) is 10.7. The van der Waals surface area contributed by atoms with Crippen LogP contribution in [0.25, 0.3) is 0 Å². The van der Waals surface area contributed by atoms with Crippen molar-refractivity contribution in [2.24, 2.45) is 12.0 Å². The highest BCUT2D eigenvalue weighted by Crippen LogP contribution is 2.06. The molecule has 0 saturated carbocycles. The number of unbranched alkanes of at least 4 members (excludes halogenated alkanes) is 6. The van der Waals surface area contributed by atoms with Crippen LogP contribution in [0.1, 0.15) is 64.6 Å². The number of aromatic nitrogens is 3. The van der Waals surface area contributed by atoms with Gasteiger partial charge in [-0.05, 0) is 13.3 Å². The molecule has 0 spiro atoms. The molecule has 0 saturated heterocycles. The van der Waals surface area contributed by atoms with Crippen molar-refractivity contribution in [3.8, 4) is 0 Å². The third-order valence-corrected chi connectivity index (χ3v) is 3.60. The van der Waals surface area contributed by atoms with Crippen LogP contribution in [0.5, 0.6) is 0 Å². The number of guanidine groups is 1. The molecule has 0 aliphatic carbocycles. The van der Waals surface area contributed by atoms with E-state index < -0.39 is 0 Å². The van der Waals surface area contributed by atoms with Crippen LogP contribution in [0.3, 0.4) is 0 Å². The van der Waals surface area contributed by atoms with Gasteiger partial charge in [0.2, 0.25) is 0 Å². The fourth-order valence-corrected chi connectivity index (χ4v) is 2.24. The second kappa shape index (κ2) is 14.7. The van der Waals surface area contributed by atoms with Crippen molar-refractivity contribution in [2.45, 2.75) is 65.3 Å². The Kier molecular flexibility index (Phi) is 14.2. The fourth-order valence-electron chi connectivity index (χ4n) is 2.24. The van der Waals surface area contributed by atoms with Gasteiger partial charge >= 0.3 is 0 Å². The van der Waals surface area contributed by atoms with Crippen molar-refractivity contribution in [2.75, 3.05) is 13.1 Å². The quantitative estimate of drug-likeness (QED) is 0.242. The summed E-state index contributed by atoms with van der Waals surface area (Å²) in [5.41, 5.74) is 0. The van der Waals surface area contributed by atoms with Crippen LogP contribution in [0.2, 0.25) is 0 Å². The second-order valence-corrected chi connectivity index (χ2v) is 5.54. The van der Waals surface area contributed by atoms with Crippen LogP contribution in [0.4, 0.5) is 0 Å². The molecule has 1 rings (SSSR count). The topological polar surface area (TPSA) is 67.1 Å². The number of nitrogens with one attached hydrogen (secondary N) is 2. The van der Waals surface area contributed by atoms with Crippen LogP contribution in [-0.2, 0) is 13.6 Å². The first-order valence-electron chi connectivity index (χ1n) is 8.63. The third kappa shape index (κ3) is 10.5. The average molecular weight is 436 g/mol. The maximum Gasteiger partial charge on any atom is 0.191 e. The summed E-state index contributed by atoms with van der Waals surface area (Å²) in [4.78, 5) is 8.73. The largest absolute Gasteiger partial charge is 0.357 e. The number of aryl methyl sites for hydroxylation is 1. The zero-order valence-electron chi connectivity index (χ0n) is 14.8. The molecule has 23 heavy (non-hydrogen) atoms. The van der Waals surface area contributed by atoms with Gasteiger partial charge in [0.25, 0.3) is 0 Å². The highest BCUT2D eigenvalue weighted by Gasteiger charge is 2.01. The van der Waals surface area contributed by atoms with E-state index in [0.717, 1.165) is 24.9 Å². The first kappa shape index (κ1) is 22.1. The molecule has 6 nitrogen and oxygen atoms in total. The lowest BCUT2D eigenvalue weighted by Gasteiger charge is -2.11. The molecule has 2 N–H and O–H groups in total. The fraction of sp³-hybridized carbons (Fsp3) is 0.812. The average Bonchev–Trinajstić information content (AvgIpc) is 2.92. The highest BCUT2D eigenvalue weighted by molar-refractivity contribution is 14.0. The second-order valence-electron chi connectivity index (χ2n) is 5.54. The molecule has 1 heterocycles.